The maximum Gasteiger partial charge on any atom is 0.0589 e. The molecule has 1 aromatic carbocycles. The molecule has 0 aromatic heterocycles. The van der Waals surface area contributed by atoms with Gasteiger partial charge in [0.05, 0.1) is 6.61 Å². The number of methoxy groups -OCH3 is 1. The third kappa shape index (κ3) is 5.29. The highest BCUT2D eigenvalue weighted by molar-refractivity contribution is 5.14. The van der Waals surface area contributed by atoms with Crippen molar-refractivity contribution < 1.29 is 4.74 Å². The molecule has 0 unspecified atom stereocenters. The average Bonchev–Trinajstić information content (AvgIpc) is 2.34. The predicted octanol–water partition coefficient (Wildman–Crippen LogP) is 2.94. The third-order valence-electron chi connectivity index (χ3n) is 2.69. The number of nitrogens with zero attached hydrogens (tertiary/aromatic N) is 1. The van der Waals surface area contributed by atoms with Crippen molar-refractivity contribution in [3.8, 4) is 0 Å². The lowest BCUT2D eigenvalue weighted by Gasteiger charge is -2.21. The first-order valence-electron chi connectivity index (χ1n) is 6.12. The quantitative estimate of drug-likeness (QED) is 0.669. The Morgan fingerprint density at radius 3 is 2.50 bits per heavy atom. The Balaban J connectivity index is 2.42. The zero-order valence-corrected chi connectivity index (χ0v) is 10.5. The van der Waals surface area contributed by atoms with Crippen LogP contribution in [0.5, 0.6) is 0 Å². The summed E-state index contributed by atoms with van der Waals surface area (Å²) in [4.78, 5) is 2.46. The Morgan fingerprint density at radius 1 is 1.12 bits per heavy atom. The summed E-state index contributed by atoms with van der Waals surface area (Å²) >= 11 is 0. The van der Waals surface area contributed by atoms with E-state index in [0.29, 0.717) is 0 Å². The van der Waals surface area contributed by atoms with E-state index in [2.05, 4.69) is 42.2 Å². The monoisotopic (exact) mass is 221 g/mol. The summed E-state index contributed by atoms with van der Waals surface area (Å²) in [6, 6.07) is 10.6. The zero-order valence-electron chi connectivity index (χ0n) is 10.5. The predicted molar refractivity (Wildman–Crippen MR) is 68.5 cm³/mol. The van der Waals surface area contributed by atoms with Crippen molar-refractivity contribution in [2.45, 2.75) is 26.3 Å². The molecule has 0 N–H and O–H groups in total. The minimum Gasteiger partial charge on any atom is -0.383 e. The van der Waals surface area contributed by atoms with Gasteiger partial charge in [0.2, 0.25) is 0 Å². The van der Waals surface area contributed by atoms with Crippen LogP contribution in [-0.4, -0.2) is 31.7 Å². The summed E-state index contributed by atoms with van der Waals surface area (Å²) in [6.45, 7) is 6.26. The van der Waals surface area contributed by atoms with Crippen LogP contribution in [0.4, 0.5) is 0 Å². The van der Waals surface area contributed by atoms with Crippen molar-refractivity contribution in [3.05, 3.63) is 35.9 Å². The van der Waals surface area contributed by atoms with Gasteiger partial charge in [-0.15, -0.1) is 0 Å². The van der Waals surface area contributed by atoms with E-state index in [1.54, 1.807) is 7.11 Å². The second-order valence-electron chi connectivity index (χ2n) is 4.11. The largest absolute Gasteiger partial charge is 0.383 e. The fourth-order valence-electron chi connectivity index (χ4n) is 1.71. The fraction of sp³-hybridized carbons (Fsp3) is 0.571. The minimum absolute atomic E-state index is 0.816. The van der Waals surface area contributed by atoms with E-state index in [4.69, 9.17) is 4.74 Å². The molecule has 1 rings (SSSR count). The van der Waals surface area contributed by atoms with E-state index in [0.717, 1.165) is 26.2 Å². The maximum atomic E-state index is 5.15. The number of ether oxygens (including phenoxy) is 1. The van der Waals surface area contributed by atoms with Crippen LogP contribution >= 0.6 is 0 Å². The van der Waals surface area contributed by atoms with Crippen LogP contribution in [0.25, 0.3) is 0 Å². The van der Waals surface area contributed by atoms with Crippen molar-refractivity contribution in [1.29, 1.82) is 0 Å². The van der Waals surface area contributed by atoms with Gasteiger partial charge in [-0.1, -0.05) is 43.7 Å². The SMILES string of the molecule is CCCCN(CCOC)Cc1ccccc1. The lowest BCUT2D eigenvalue weighted by molar-refractivity contribution is 0.143. The highest BCUT2D eigenvalue weighted by Gasteiger charge is 2.04. The molecule has 0 spiro atoms. The van der Waals surface area contributed by atoms with Crippen LogP contribution in [0.2, 0.25) is 0 Å². The summed E-state index contributed by atoms with van der Waals surface area (Å²) in [5, 5.41) is 0. The fourth-order valence-corrected chi connectivity index (χ4v) is 1.71. The molecular formula is C14H23NO. The topological polar surface area (TPSA) is 12.5 Å². The van der Waals surface area contributed by atoms with Gasteiger partial charge in [0, 0.05) is 20.2 Å². The van der Waals surface area contributed by atoms with Crippen LogP contribution < -0.4 is 0 Å². The van der Waals surface area contributed by atoms with Crippen molar-refractivity contribution in [3.63, 3.8) is 0 Å². The van der Waals surface area contributed by atoms with E-state index in [1.807, 2.05) is 0 Å². The zero-order chi connectivity index (χ0) is 11.6. The van der Waals surface area contributed by atoms with Gasteiger partial charge in [-0.05, 0) is 18.5 Å². The van der Waals surface area contributed by atoms with E-state index >= 15 is 0 Å². The average molecular weight is 221 g/mol. The summed E-state index contributed by atoms with van der Waals surface area (Å²) in [7, 11) is 1.76. The normalized spacial score (nSPS) is 10.9. The van der Waals surface area contributed by atoms with Crippen LogP contribution in [0.1, 0.15) is 25.3 Å². The summed E-state index contributed by atoms with van der Waals surface area (Å²) in [5.41, 5.74) is 1.38. The molecule has 0 bridgehead atoms. The van der Waals surface area contributed by atoms with Gasteiger partial charge in [-0.2, -0.15) is 0 Å². The molecule has 2 nitrogen and oxygen atoms in total. The second-order valence-corrected chi connectivity index (χ2v) is 4.11. The molecule has 0 radical (unpaired) electrons. The Morgan fingerprint density at radius 2 is 1.88 bits per heavy atom. The highest BCUT2D eigenvalue weighted by atomic mass is 16.5. The molecular weight excluding hydrogens is 198 g/mol. The number of rotatable bonds is 8. The van der Waals surface area contributed by atoms with Gasteiger partial charge in [-0.25, -0.2) is 0 Å². The summed E-state index contributed by atoms with van der Waals surface area (Å²) < 4.78 is 5.15. The Kier molecular flexibility index (Phi) is 6.86. The van der Waals surface area contributed by atoms with Gasteiger partial charge < -0.3 is 4.74 Å². The minimum atomic E-state index is 0.816. The van der Waals surface area contributed by atoms with E-state index in [1.165, 1.54) is 18.4 Å². The molecule has 0 atom stereocenters. The molecule has 0 aliphatic carbocycles. The lowest BCUT2D eigenvalue weighted by Crippen LogP contribution is -2.28. The Labute approximate surface area is 99.2 Å². The summed E-state index contributed by atoms with van der Waals surface area (Å²) in [6.07, 6.45) is 2.51. The number of benzene rings is 1. The van der Waals surface area contributed by atoms with Crippen LogP contribution in [-0.2, 0) is 11.3 Å². The second kappa shape index (κ2) is 8.31. The molecule has 0 amide bonds. The molecule has 0 saturated carbocycles. The smallest absolute Gasteiger partial charge is 0.0589 e. The van der Waals surface area contributed by atoms with Gasteiger partial charge in [-0.3, -0.25) is 4.90 Å². The first-order chi connectivity index (χ1) is 7.86. The van der Waals surface area contributed by atoms with Crippen LogP contribution in [0.15, 0.2) is 30.3 Å². The molecule has 90 valence electrons. The van der Waals surface area contributed by atoms with Crippen molar-refractivity contribution in [2.75, 3.05) is 26.8 Å². The first-order valence-corrected chi connectivity index (χ1v) is 6.12. The van der Waals surface area contributed by atoms with E-state index in [9.17, 15) is 0 Å². The number of hydrogen-bond donors (Lipinski definition) is 0. The maximum absolute atomic E-state index is 5.15. The van der Waals surface area contributed by atoms with Crippen LogP contribution in [0.3, 0.4) is 0 Å². The number of unbranched alkanes of at least 4 members (excludes halogenated alkanes) is 1. The molecule has 2 heteroatoms. The Bertz CT molecular complexity index is 253. The van der Waals surface area contributed by atoms with E-state index in [-0.39, 0.29) is 0 Å². The van der Waals surface area contributed by atoms with Gasteiger partial charge in [0.25, 0.3) is 0 Å². The molecule has 0 saturated heterocycles. The molecule has 0 heterocycles. The van der Waals surface area contributed by atoms with Crippen molar-refractivity contribution in [1.82, 2.24) is 4.90 Å². The number of hydrogen-bond acceptors (Lipinski definition) is 2. The molecule has 0 aliphatic rings. The molecule has 1 aromatic rings. The molecule has 16 heavy (non-hydrogen) atoms. The van der Waals surface area contributed by atoms with E-state index < -0.39 is 0 Å². The Hall–Kier alpha value is -0.860. The standard InChI is InChI=1S/C14H23NO/c1-3-4-10-15(11-12-16-2)13-14-8-6-5-7-9-14/h5-9H,3-4,10-13H2,1-2H3. The molecule has 0 fully saturated rings. The van der Waals surface area contributed by atoms with Crippen molar-refractivity contribution in [2.24, 2.45) is 0 Å². The van der Waals surface area contributed by atoms with Crippen molar-refractivity contribution >= 4 is 0 Å². The first kappa shape index (κ1) is 13.2. The summed E-state index contributed by atoms with van der Waals surface area (Å²) in [5.74, 6) is 0. The lowest BCUT2D eigenvalue weighted by atomic mass is 10.2. The van der Waals surface area contributed by atoms with Gasteiger partial charge in [0.15, 0.2) is 0 Å². The van der Waals surface area contributed by atoms with Crippen LogP contribution in [0, 0.1) is 0 Å². The molecule has 0 aliphatic heterocycles. The third-order valence-corrected chi connectivity index (χ3v) is 2.69. The van der Waals surface area contributed by atoms with Gasteiger partial charge >= 0.3 is 0 Å². The highest BCUT2D eigenvalue weighted by Crippen LogP contribution is 2.05. The van der Waals surface area contributed by atoms with Gasteiger partial charge in [0.1, 0.15) is 0 Å².